The summed E-state index contributed by atoms with van der Waals surface area (Å²) in [5, 5.41) is 3.96. The minimum atomic E-state index is -3.70. The second-order valence-electron chi connectivity index (χ2n) is 7.33. The molecule has 0 fully saturated rings. The molecular weight excluding hydrogens is 416 g/mol. The zero-order chi connectivity index (χ0) is 22.0. The van der Waals surface area contributed by atoms with Gasteiger partial charge >= 0.3 is 0 Å². The minimum Gasteiger partial charge on any atom is -0.310 e. The number of aromatic nitrogens is 1. The number of carbonyl (C=O) groups is 1. The number of H-pyrrole nitrogens is 1. The lowest BCUT2D eigenvalue weighted by molar-refractivity contribution is -0.117. The lowest BCUT2D eigenvalue weighted by Gasteiger charge is -2.14. The quantitative estimate of drug-likeness (QED) is 0.548. The molecule has 0 bridgehead atoms. The number of benzene rings is 2. The van der Waals surface area contributed by atoms with E-state index in [0.29, 0.717) is 22.8 Å². The zero-order valence-corrected chi connectivity index (χ0v) is 17.7. The average molecular weight is 439 g/mol. The first-order valence-corrected chi connectivity index (χ1v) is 11.5. The molecular formula is C22H22N4O4S. The molecule has 9 heteroatoms. The molecule has 0 unspecified atom stereocenters. The Labute approximate surface area is 179 Å². The van der Waals surface area contributed by atoms with Crippen molar-refractivity contribution < 1.29 is 13.2 Å². The average Bonchev–Trinajstić information content (AvgIpc) is 3.01. The molecule has 1 aromatic heterocycles. The number of pyridine rings is 1. The van der Waals surface area contributed by atoms with E-state index < -0.39 is 22.0 Å². The van der Waals surface area contributed by atoms with Crippen LogP contribution in [0.2, 0.25) is 0 Å². The Kier molecular flexibility index (Phi) is 5.60. The van der Waals surface area contributed by atoms with Gasteiger partial charge in [0.2, 0.25) is 5.91 Å². The molecule has 1 amide bonds. The van der Waals surface area contributed by atoms with Crippen molar-refractivity contribution in [2.75, 3.05) is 5.32 Å². The Morgan fingerprint density at radius 3 is 2.68 bits per heavy atom. The van der Waals surface area contributed by atoms with Gasteiger partial charge in [0, 0.05) is 10.9 Å². The number of amides is 1. The fourth-order valence-corrected chi connectivity index (χ4v) is 4.77. The highest BCUT2D eigenvalue weighted by atomic mass is 32.2. The highest BCUT2D eigenvalue weighted by Gasteiger charge is 2.31. The molecule has 31 heavy (non-hydrogen) atoms. The predicted molar refractivity (Wildman–Crippen MR) is 120 cm³/mol. The van der Waals surface area contributed by atoms with Crippen LogP contribution < -0.4 is 15.6 Å². The molecule has 0 spiro atoms. The fraction of sp³-hybridized carbons (Fsp3) is 0.227. The Morgan fingerprint density at radius 2 is 1.87 bits per heavy atom. The topological polar surface area (TPSA) is 120 Å². The van der Waals surface area contributed by atoms with Crippen LogP contribution in [-0.2, 0) is 14.8 Å². The number of aliphatic imine (C=N–C) groups is 1. The number of amidine groups is 1. The number of unbranched alkanes of at least 4 members (excludes halogenated alkanes) is 1. The molecule has 0 saturated carbocycles. The summed E-state index contributed by atoms with van der Waals surface area (Å²) in [5.41, 5.74) is 0.137. The Bertz CT molecular complexity index is 1340. The number of nitrogens with zero attached hydrogens (tertiary/aromatic N) is 1. The van der Waals surface area contributed by atoms with Crippen molar-refractivity contribution in [1.29, 1.82) is 0 Å². The van der Waals surface area contributed by atoms with E-state index >= 15 is 0 Å². The summed E-state index contributed by atoms with van der Waals surface area (Å²) in [6, 6.07) is 14.5. The SMILES string of the molecule is CCCC[C@@H](N=C1NS(=O)(=O)c2ccccc21)C(=O)Nc1cc2ccccc2c(=O)[nH]1. The molecule has 2 heterocycles. The van der Waals surface area contributed by atoms with E-state index in [1.165, 1.54) is 6.07 Å². The summed E-state index contributed by atoms with van der Waals surface area (Å²) in [6.45, 7) is 2.00. The van der Waals surface area contributed by atoms with E-state index in [4.69, 9.17) is 0 Å². The van der Waals surface area contributed by atoms with Gasteiger partial charge in [0.05, 0.1) is 4.90 Å². The van der Waals surface area contributed by atoms with Crippen LogP contribution in [0.5, 0.6) is 0 Å². The van der Waals surface area contributed by atoms with Crippen molar-refractivity contribution in [3.8, 4) is 0 Å². The minimum absolute atomic E-state index is 0.141. The number of aromatic amines is 1. The standard InChI is InChI=1S/C22H22N4O4S/c1-2-3-11-17(23-20-16-10-6-7-12-18(16)31(29,30)26-20)22(28)25-19-13-14-8-4-5-9-15(14)21(27)24-19/h4-10,12-13,17H,2-3,11H2,1H3,(H,23,26)(H2,24,25,27,28)/t17-/m1/s1. The molecule has 160 valence electrons. The van der Waals surface area contributed by atoms with Gasteiger partial charge < -0.3 is 10.3 Å². The normalized spacial score (nSPS) is 16.6. The molecule has 8 nitrogen and oxygen atoms in total. The van der Waals surface area contributed by atoms with Crippen molar-refractivity contribution in [3.05, 3.63) is 70.5 Å². The highest BCUT2D eigenvalue weighted by Crippen LogP contribution is 2.23. The number of carbonyl (C=O) groups excluding carboxylic acids is 1. The van der Waals surface area contributed by atoms with Crippen LogP contribution in [0.3, 0.4) is 0 Å². The van der Waals surface area contributed by atoms with Crippen LogP contribution in [-0.4, -0.2) is 31.2 Å². The van der Waals surface area contributed by atoms with E-state index in [9.17, 15) is 18.0 Å². The lowest BCUT2D eigenvalue weighted by Crippen LogP contribution is -2.31. The molecule has 1 atom stereocenters. The molecule has 1 aliphatic heterocycles. The van der Waals surface area contributed by atoms with Crippen LogP contribution >= 0.6 is 0 Å². The first kappa shape index (κ1) is 20.8. The summed E-state index contributed by atoms with van der Waals surface area (Å²) in [7, 11) is -3.70. The summed E-state index contributed by atoms with van der Waals surface area (Å²) in [6.07, 6.45) is 2.02. The molecule has 1 aliphatic rings. The van der Waals surface area contributed by atoms with Gasteiger partial charge in [-0.1, -0.05) is 50.1 Å². The maximum Gasteiger partial charge on any atom is 0.263 e. The summed E-state index contributed by atoms with van der Waals surface area (Å²) < 4.78 is 27.1. The maximum atomic E-state index is 13.0. The van der Waals surface area contributed by atoms with E-state index in [1.54, 1.807) is 42.5 Å². The molecule has 3 aromatic rings. The summed E-state index contributed by atoms with van der Waals surface area (Å²) >= 11 is 0. The van der Waals surface area contributed by atoms with E-state index in [-0.39, 0.29) is 22.1 Å². The molecule has 3 N–H and O–H groups in total. The number of sulfonamides is 1. The zero-order valence-electron chi connectivity index (χ0n) is 16.9. The van der Waals surface area contributed by atoms with E-state index in [0.717, 1.165) is 12.8 Å². The van der Waals surface area contributed by atoms with Crippen molar-refractivity contribution in [1.82, 2.24) is 9.71 Å². The maximum absolute atomic E-state index is 13.0. The van der Waals surface area contributed by atoms with Gasteiger partial charge in [-0.2, -0.15) is 0 Å². The monoisotopic (exact) mass is 438 g/mol. The molecule has 4 rings (SSSR count). The first-order chi connectivity index (χ1) is 14.9. The predicted octanol–water partition coefficient (Wildman–Crippen LogP) is 2.76. The van der Waals surface area contributed by atoms with Gasteiger partial charge in [-0.25, -0.2) is 8.42 Å². The number of rotatable bonds is 6. The second kappa shape index (κ2) is 8.35. The van der Waals surface area contributed by atoms with Crippen molar-refractivity contribution in [3.63, 3.8) is 0 Å². The highest BCUT2D eigenvalue weighted by molar-refractivity contribution is 7.90. The largest absolute Gasteiger partial charge is 0.310 e. The number of nitrogens with one attached hydrogen (secondary N) is 3. The van der Waals surface area contributed by atoms with E-state index in [2.05, 4.69) is 20.0 Å². The Hall–Kier alpha value is -3.46. The van der Waals surface area contributed by atoms with Crippen LogP contribution in [0.4, 0.5) is 5.82 Å². The van der Waals surface area contributed by atoms with Gasteiger partial charge in [-0.05, 0) is 36.1 Å². The molecule has 0 radical (unpaired) electrons. The van der Waals surface area contributed by atoms with Gasteiger partial charge in [0.15, 0.2) is 0 Å². The third kappa shape index (κ3) is 4.22. The second-order valence-corrected chi connectivity index (χ2v) is 8.98. The van der Waals surface area contributed by atoms with Crippen molar-refractivity contribution in [2.24, 2.45) is 4.99 Å². The van der Waals surface area contributed by atoms with Crippen molar-refractivity contribution in [2.45, 2.75) is 37.1 Å². The molecule has 0 aliphatic carbocycles. The smallest absolute Gasteiger partial charge is 0.263 e. The van der Waals surface area contributed by atoms with Crippen LogP contribution in [0.1, 0.15) is 31.7 Å². The number of hydrogen-bond acceptors (Lipinski definition) is 5. The lowest BCUT2D eigenvalue weighted by atomic mass is 10.1. The van der Waals surface area contributed by atoms with E-state index in [1.807, 2.05) is 13.0 Å². The first-order valence-electron chi connectivity index (χ1n) is 10.0. The summed E-state index contributed by atoms with van der Waals surface area (Å²) in [4.78, 5) is 32.6. The van der Waals surface area contributed by atoms with Crippen LogP contribution in [0.15, 0.2) is 69.3 Å². The third-order valence-electron chi connectivity index (χ3n) is 5.09. The van der Waals surface area contributed by atoms with Gasteiger partial charge in [0.1, 0.15) is 17.7 Å². The van der Waals surface area contributed by atoms with Crippen LogP contribution in [0.25, 0.3) is 10.8 Å². The van der Waals surface area contributed by atoms with Crippen LogP contribution in [0, 0.1) is 0 Å². The Morgan fingerprint density at radius 1 is 1.13 bits per heavy atom. The number of anilines is 1. The number of fused-ring (bicyclic) bond motifs is 2. The fourth-order valence-electron chi connectivity index (χ4n) is 3.53. The molecule has 2 aromatic carbocycles. The van der Waals surface area contributed by atoms with Crippen molar-refractivity contribution >= 4 is 38.4 Å². The van der Waals surface area contributed by atoms with Gasteiger partial charge in [0.25, 0.3) is 15.6 Å². The number of hydrogen-bond donors (Lipinski definition) is 3. The van der Waals surface area contributed by atoms with Gasteiger partial charge in [-0.3, -0.25) is 19.3 Å². The van der Waals surface area contributed by atoms with Gasteiger partial charge in [-0.15, -0.1) is 0 Å². The summed E-state index contributed by atoms with van der Waals surface area (Å²) in [5.74, 6) is -0.00267. The Balaban J connectivity index is 1.65. The molecule has 0 saturated heterocycles. The third-order valence-corrected chi connectivity index (χ3v) is 6.49.